The van der Waals surface area contributed by atoms with E-state index >= 15 is 0 Å². The number of benzene rings is 2. The van der Waals surface area contributed by atoms with Crippen LogP contribution in [-0.4, -0.2) is 51.3 Å². The number of hydrogen-bond donors (Lipinski definition) is 3. The van der Waals surface area contributed by atoms with Crippen LogP contribution in [0.3, 0.4) is 0 Å². The van der Waals surface area contributed by atoms with E-state index in [0.29, 0.717) is 11.3 Å². The first-order valence-corrected chi connectivity index (χ1v) is 14.1. The molecule has 1 heterocycles. The van der Waals surface area contributed by atoms with Gasteiger partial charge in [0.1, 0.15) is 11.6 Å². The Bertz CT molecular complexity index is 1500. The number of carbonyl (C=O) groups is 1. The van der Waals surface area contributed by atoms with Gasteiger partial charge in [-0.3, -0.25) is 10.2 Å². The van der Waals surface area contributed by atoms with E-state index in [9.17, 15) is 22.4 Å². The number of alkyl halides is 3. The summed E-state index contributed by atoms with van der Waals surface area (Å²) in [5, 5.41) is 14.3. The number of methoxy groups -OCH3 is 1. The van der Waals surface area contributed by atoms with Crippen LogP contribution in [0.25, 0.3) is 11.4 Å². The third-order valence-electron chi connectivity index (χ3n) is 7.25. The molecule has 1 saturated carbocycles. The van der Waals surface area contributed by atoms with Crippen LogP contribution in [0.1, 0.15) is 67.2 Å². The van der Waals surface area contributed by atoms with Gasteiger partial charge in [-0.1, -0.05) is 26.0 Å². The van der Waals surface area contributed by atoms with Gasteiger partial charge in [-0.25, -0.2) is 14.1 Å². The third-order valence-corrected chi connectivity index (χ3v) is 7.44. The Hall–Kier alpha value is -4.07. The number of rotatable bonds is 8. The molecule has 0 aliphatic heterocycles. The first-order valence-electron chi connectivity index (χ1n) is 13.7. The molecule has 0 saturated heterocycles. The number of aryl methyl sites for hydroxylation is 1. The average molecular weight is 620 g/mol. The summed E-state index contributed by atoms with van der Waals surface area (Å²) in [6.07, 6.45) is -2.56. The molecule has 0 spiro atoms. The van der Waals surface area contributed by atoms with Crippen molar-refractivity contribution < 1.29 is 27.1 Å². The monoisotopic (exact) mass is 619 g/mol. The maximum Gasteiger partial charge on any atom is 0.391 e. The first-order chi connectivity index (χ1) is 20.3. The molecule has 0 bridgehead atoms. The van der Waals surface area contributed by atoms with E-state index in [1.165, 1.54) is 30.1 Å². The highest BCUT2D eigenvalue weighted by Crippen LogP contribution is 2.37. The maximum atomic E-state index is 14.9. The highest BCUT2D eigenvalue weighted by Gasteiger charge is 2.41. The molecule has 1 amide bonds. The lowest BCUT2D eigenvalue weighted by Crippen LogP contribution is -2.40. The summed E-state index contributed by atoms with van der Waals surface area (Å²) < 4.78 is 60.3. The van der Waals surface area contributed by atoms with Gasteiger partial charge in [0.25, 0.3) is 5.91 Å². The smallest absolute Gasteiger partial charge is 0.391 e. The molecule has 0 radical (unpaired) electrons. The van der Waals surface area contributed by atoms with Crippen LogP contribution in [0, 0.1) is 11.7 Å². The van der Waals surface area contributed by atoms with Crippen molar-refractivity contribution >= 4 is 35.1 Å². The van der Waals surface area contributed by atoms with Crippen molar-refractivity contribution in [2.24, 2.45) is 18.1 Å². The molecule has 14 heteroatoms. The van der Waals surface area contributed by atoms with Gasteiger partial charge in [0, 0.05) is 36.0 Å². The van der Waals surface area contributed by atoms with Crippen LogP contribution in [-0.2, 0) is 7.05 Å². The number of ether oxygens (including phenoxy) is 1. The molecule has 1 aliphatic carbocycles. The number of nitrogens with zero attached hydrogens (tertiary/aromatic N) is 4. The minimum atomic E-state index is -4.22. The van der Waals surface area contributed by atoms with Crippen LogP contribution in [0.5, 0.6) is 5.75 Å². The number of amides is 1. The van der Waals surface area contributed by atoms with Gasteiger partial charge in [-0.05, 0) is 67.6 Å². The SMILES string of the molecule is COc1ccc(C(C)C)c(NC(=S)N/N=C/c2ccc(-c3nc(C(=O)NC4CCC(C(F)(F)F)CC4)n(C)n3)cc2F)c1. The molecule has 1 fully saturated rings. The number of anilines is 1. The first kappa shape index (κ1) is 31.9. The molecular weight excluding hydrogens is 586 g/mol. The van der Waals surface area contributed by atoms with E-state index in [1.807, 2.05) is 18.2 Å². The van der Waals surface area contributed by atoms with E-state index in [4.69, 9.17) is 17.0 Å². The Kier molecular flexibility index (Phi) is 9.99. The fourth-order valence-corrected chi connectivity index (χ4v) is 5.04. The predicted molar refractivity (Wildman–Crippen MR) is 160 cm³/mol. The van der Waals surface area contributed by atoms with Crippen molar-refractivity contribution in [2.45, 2.75) is 57.7 Å². The Morgan fingerprint density at radius 1 is 1.16 bits per heavy atom. The lowest BCUT2D eigenvalue weighted by Gasteiger charge is -2.30. The van der Waals surface area contributed by atoms with Crippen LogP contribution in [0.4, 0.5) is 23.2 Å². The summed E-state index contributed by atoms with van der Waals surface area (Å²) in [4.78, 5) is 17.0. The predicted octanol–water partition coefficient (Wildman–Crippen LogP) is 5.92. The van der Waals surface area contributed by atoms with Gasteiger partial charge in [0.05, 0.1) is 19.2 Å². The molecule has 0 atom stereocenters. The molecule has 1 aromatic heterocycles. The number of aromatic nitrogens is 3. The number of nitrogens with one attached hydrogen (secondary N) is 3. The maximum absolute atomic E-state index is 14.9. The highest BCUT2D eigenvalue weighted by atomic mass is 32.1. The van der Waals surface area contributed by atoms with Crippen LogP contribution in [0.2, 0.25) is 0 Å². The van der Waals surface area contributed by atoms with Gasteiger partial charge in [0.15, 0.2) is 10.9 Å². The molecule has 2 aromatic carbocycles. The normalized spacial score (nSPS) is 17.2. The van der Waals surface area contributed by atoms with Crippen molar-refractivity contribution in [3.63, 3.8) is 0 Å². The zero-order valence-corrected chi connectivity index (χ0v) is 24.9. The van der Waals surface area contributed by atoms with E-state index in [1.54, 1.807) is 13.2 Å². The second-order valence-corrected chi connectivity index (χ2v) is 11.0. The van der Waals surface area contributed by atoms with Gasteiger partial charge in [0.2, 0.25) is 5.82 Å². The Labute approximate surface area is 252 Å². The molecule has 0 unspecified atom stereocenters. The molecule has 1 aliphatic rings. The van der Waals surface area contributed by atoms with E-state index in [2.05, 4.69) is 45.1 Å². The minimum absolute atomic E-state index is 0.0270. The molecule has 3 N–H and O–H groups in total. The number of halogens is 4. The van der Waals surface area contributed by atoms with Crippen LogP contribution >= 0.6 is 12.2 Å². The Morgan fingerprint density at radius 2 is 1.88 bits per heavy atom. The molecule has 43 heavy (non-hydrogen) atoms. The fourth-order valence-electron chi connectivity index (χ4n) is 4.88. The van der Waals surface area contributed by atoms with Crippen LogP contribution in [0.15, 0.2) is 41.5 Å². The largest absolute Gasteiger partial charge is 0.497 e. The van der Waals surface area contributed by atoms with Crippen molar-refractivity contribution in [1.82, 2.24) is 25.5 Å². The summed E-state index contributed by atoms with van der Waals surface area (Å²) in [6, 6.07) is 9.56. The lowest BCUT2D eigenvalue weighted by molar-refractivity contribution is -0.182. The van der Waals surface area contributed by atoms with Crippen LogP contribution < -0.4 is 20.8 Å². The Morgan fingerprint density at radius 3 is 2.51 bits per heavy atom. The second-order valence-electron chi connectivity index (χ2n) is 10.6. The number of carbonyl (C=O) groups excluding carboxylic acids is 1. The molecular formula is C29H33F4N7O2S. The summed E-state index contributed by atoms with van der Waals surface area (Å²) in [5.41, 5.74) is 4.98. The number of thiocarbonyl (C=S) groups is 1. The van der Waals surface area contributed by atoms with Crippen molar-refractivity contribution in [1.29, 1.82) is 0 Å². The standard InChI is InChI=1S/C29H33F4N7O2S/c1-16(2)22-12-11-21(42-4)14-24(22)36-28(43)38-34-15-18-6-5-17(13-23(18)30)25-37-26(40(3)39-25)27(41)35-20-9-7-19(8-10-20)29(31,32)33/h5-6,11-16,19-20H,7-10H2,1-4H3,(H,35,41)(H2,36,38,43)/b34-15+. The minimum Gasteiger partial charge on any atom is -0.497 e. The summed E-state index contributed by atoms with van der Waals surface area (Å²) in [7, 11) is 3.09. The van der Waals surface area contributed by atoms with Gasteiger partial charge >= 0.3 is 6.18 Å². The van der Waals surface area contributed by atoms with E-state index in [0.717, 1.165) is 11.3 Å². The summed E-state index contributed by atoms with van der Waals surface area (Å²) in [5.74, 6) is -1.49. The van der Waals surface area contributed by atoms with Gasteiger partial charge < -0.3 is 15.4 Å². The van der Waals surface area contributed by atoms with Crippen molar-refractivity contribution in [2.75, 3.05) is 12.4 Å². The van der Waals surface area contributed by atoms with E-state index in [-0.39, 0.29) is 60.0 Å². The molecule has 3 aromatic rings. The number of hydrogen-bond acceptors (Lipinski definition) is 6. The molecule has 230 valence electrons. The van der Waals surface area contributed by atoms with Crippen molar-refractivity contribution in [3.05, 3.63) is 59.2 Å². The average Bonchev–Trinajstić information content (AvgIpc) is 3.35. The zero-order valence-electron chi connectivity index (χ0n) is 24.1. The number of hydrazone groups is 1. The van der Waals surface area contributed by atoms with Gasteiger partial charge in [-0.2, -0.15) is 23.4 Å². The van der Waals surface area contributed by atoms with Gasteiger partial charge in [-0.15, -0.1) is 0 Å². The Balaban J connectivity index is 1.36. The third kappa shape index (κ3) is 8.06. The quantitative estimate of drug-likeness (QED) is 0.124. The second kappa shape index (κ2) is 13.5. The zero-order chi connectivity index (χ0) is 31.3. The summed E-state index contributed by atoms with van der Waals surface area (Å²) >= 11 is 5.33. The highest BCUT2D eigenvalue weighted by molar-refractivity contribution is 7.80. The van der Waals surface area contributed by atoms with E-state index < -0.39 is 23.8 Å². The lowest BCUT2D eigenvalue weighted by atomic mass is 9.85. The summed E-state index contributed by atoms with van der Waals surface area (Å²) in [6.45, 7) is 4.11. The fraction of sp³-hybridized carbons (Fsp3) is 0.414. The topological polar surface area (TPSA) is 105 Å². The molecule has 4 rings (SSSR count). The van der Waals surface area contributed by atoms with Crippen molar-refractivity contribution in [3.8, 4) is 17.1 Å². The molecule has 9 nitrogen and oxygen atoms in total.